The van der Waals surface area contributed by atoms with Gasteiger partial charge in [-0.1, -0.05) is 31.9 Å². The lowest BCUT2D eigenvalue weighted by molar-refractivity contribution is 0.0937. The summed E-state index contributed by atoms with van der Waals surface area (Å²) < 4.78 is 6.58. The van der Waals surface area contributed by atoms with E-state index in [2.05, 4.69) is 37.2 Å². The van der Waals surface area contributed by atoms with Gasteiger partial charge in [0.25, 0.3) is 5.91 Å². The topological polar surface area (TPSA) is 38.3 Å². The molecule has 82 valence electrons. The van der Waals surface area contributed by atoms with Gasteiger partial charge in [-0.3, -0.25) is 4.79 Å². The van der Waals surface area contributed by atoms with Gasteiger partial charge in [-0.05, 0) is 18.2 Å². The van der Waals surface area contributed by atoms with Gasteiger partial charge in [0.1, 0.15) is 0 Å². The second kappa shape index (κ2) is 6.25. The van der Waals surface area contributed by atoms with E-state index in [1.165, 1.54) is 0 Å². The fourth-order valence-electron chi connectivity index (χ4n) is 1.05. The highest BCUT2D eigenvalue weighted by Gasteiger charge is 2.06. The van der Waals surface area contributed by atoms with E-state index >= 15 is 0 Å². The fraction of sp³-hybridized carbons (Fsp3) is 0.300. The van der Waals surface area contributed by atoms with E-state index in [-0.39, 0.29) is 5.91 Å². The van der Waals surface area contributed by atoms with E-state index in [9.17, 15) is 4.79 Å². The third-order valence-corrected chi connectivity index (χ3v) is 2.63. The molecular weight excluding hydrogens is 326 g/mol. The maximum atomic E-state index is 11.6. The van der Waals surface area contributed by atoms with Crippen LogP contribution in [0.4, 0.5) is 0 Å². The Labute approximate surface area is 105 Å². The highest BCUT2D eigenvalue weighted by atomic mass is 79.9. The average Bonchev–Trinajstić information content (AvgIpc) is 2.16. The van der Waals surface area contributed by atoms with Crippen LogP contribution in [0.25, 0.3) is 0 Å². The van der Waals surface area contributed by atoms with Crippen LogP contribution in [-0.4, -0.2) is 26.2 Å². The molecule has 0 aliphatic heterocycles. The summed E-state index contributed by atoms with van der Waals surface area (Å²) in [6.45, 7) is 1.03. The van der Waals surface area contributed by atoms with Crippen LogP contribution in [0.5, 0.6) is 0 Å². The lowest BCUT2D eigenvalue weighted by Gasteiger charge is -2.05. The highest BCUT2D eigenvalue weighted by Crippen LogP contribution is 2.19. The molecule has 0 bridgehead atoms. The minimum Gasteiger partial charge on any atom is -0.383 e. The summed E-state index contributed by atoms with van der Waals surface area (Å²) in [6, 6.07) is 5.42. The second-order valence-electron chi connectivity index (χ2n) is 2.91. The zero-order chi connectivity index (χ0) is 11.3. The number of amides is 1. The molecule has 1 N–H and O–H groups in total. The lowest BCUT2D eigenvalue weighted by atomic mass is 10.2. The number of hydrogen-bond acceptors (Lipinski definition) is 2. The van der Waals surface area contributed by atoms with Gasteiger partial charge in [0.2, 0.25) is 0 Å². The molecule has 0 heterocycles. The summed E-state index contributed by atoms with van der Waals surface area (Å²) in [6.07, 6.45) is 0. The van der Waals surface area contributed by atoms with E-state index in [1.54, 1.807) is 19.2 Å². The van der Waals surface area contributed by atoms with E-state index in [4.69, 9.17) is 4.74 Å². The Morgan fingerprint density at radius 1 is 1.33 bits per heavy atom. The zero-order valence-electron chi connectivity index (χ0n) is 8.22. The van der Waals surface area contributed by atoms with Crippen LogP contribution in [-0.2, 0) is 4.74 Å². The quantitative estimate of drug-likeness (QED) is 0.858. The number of ether oxygens (including phenoxy) is 1. The summed E-state index contributed by atoms with van der Waals surface area (Å²) in [5.74, 6) is -0.103. The van der Waals surface area contributed by atoms with Crippen molar-refractivity contribution in [3.05, 3.63) is 32.7 Å². The van der Waals surface area contributed by atoms with Crippen molar-refractivity contribution in [2.75, 3.05) is 20.3 Å². The summed E-state index contributed by atoms with van der Waals surface area (Å²) >= 11 is 6.66. The standard InChI is InChI=1S/C10H11Br2NO2/c1-15-3-2-13-10(14)7-4-8(11)6-9(12)5-7/h4-6H,2-3H2,1H3,(H,13,14). The van der Waals surface area contributed by atoms with Crippen LogP contribution in [0.2, 0.25) is 0 Å². The number of benzene rings is 1. The molecule has 0 unspecified atom stereocenters. The predicted molar refractivity (Wildman–Crippen MR) is 66.1 cm³/mol. The van der Waals surface area contributed by atoms with Crippen LogP contribution in [0, 0.1) is 0 Å². The number of carbonyl (C=O) groups is 1. The number of methoxy groups -OCH3 is 1. The molecule has 0 spiro atoms. The molecule has 1 aromatic carbocycles. The van der Waals surface area contributed by atoms with Crippen molar-refractivity contribution in [3.63, 3.8) is 0 Å². The van der Waals surface area contributed by atoms with Crippen molar-refractivity contribution < 1.29 is 9.53 Å². The van der Waals surface area contributed by atoms with E-state index in [0.29, 0.717) is 18.7 Å². The molecule has 1 amide bonds. The van der Waals surface area contributed by atoms with Crippen molar-refractivity contribution >= 4 is 37.8 Å². The molecule has 0 radical (unpaired) electrons. The third-order valence-electron chi connectivity index (χ3n) is 1.72. The van der Waals surface area contributed by atoms with Crippen LogP contribution < -0.4 is 5.32 Å². The fourth-order valence-corrected chi connectivity index (χ4v) is 2.35. The molecule has 0 aromatic heterocycles. The molecule has 1 aromatic rings. The molecule has 3 nitrogen and oxygen atoms in total. The Bertz CT molecular complexity index is 335. The van der Waals surface area contributed by atoms with Crippen LogP contribution in [0.1, 0.15) is 10.4 Å². The lowest BCUT2D eigenvalue weighted by Crippen LogP contribution is -2.26. The maximum Gasteiger partial charge on any atom is 0.251 e. The largest absolute Gasteiger partial charge is 0.383 e. The molecular formula is C10H11Br2NO2. The third kappa shape index (κ3) is 4.32. The molecule has 1 rings (SSSR count). The van der Waals surface area contributed by atoms with Crippen molar-refractivity contribution in [2.45, 2.75) is 0 Å². The molecule has 0 aliphatic carbocycles. The van der Waals surface area contributed by atoms with Crippen LogP contribution in [0.15, 0.2) is 27.1 Å². The SMILES string of the molecule is COCCNC(=O)c1cc(Br)cc(Br)c1. The summed E-state index contributed by atoms with van der Waals surface area (Å²) in [5, 5.41) is 2.75. The number of hydrogen-bond donors (Lipinski definition) is 1. The van der Waals surface area contributed by atoms with Gasteiger partial charge in [-0.2, -0.15) is 0 Å². The molecule has 0 atom stereocenters. The minimum atomic E-state index is -0.103. The first-order valence-electron chi connectivity index (χ1n) is 4.36. The molecule has 0 saturated carbocycles. The maximum absolute atomic E-state index is 11.6. The van der Waals surface area contributed by atoms with Gasteiger partial charge in [-0.25, -0.2) is 0 Å². The van der Waals surface area contributed by atoms with Gasteiger partial charge in [0.15, 0.2) is 0 Å². The van der Waals surface area contributed by atoms with Crippen molar-refractivity contribution in [1.29, 1.82) is 0 Å². The minimum absolute atomic E-state index is 0.103. The van der Waals surface area contributed by atoms with Crippen molar-refractivity contribution in [3.8, 4) is 0 Å². The number of nitrogens with one attached hydrogen (secondary N) is 1. The van der Waals surface area contributed by atoms with Gasteiger partial charge in [0, 0.05) is 28.2 Å². The first-order chi connectivity index (χ1) is 7.13. The Kier molecular flexibility index (Phi) is 5.28. The Morgan fingerprint density at radius 3 is 2.47 bits per heavy atom. The zero-order valence-corrected chi connectivity index (χ0v) is 11.4. The summed E-state index contributed by atoms with van der Waals surface area (Å²) in [5.41, 5.74) is 0.618. The molecule has 15 heavy (non-hydrogen) atoms. The van der Waals surface area contributed by atoms with Gasteiger partial charge in [0.05, 0.1) is 6.61 Å². The van der Waals surface area contributed by atoms with Gasteiger partial charge < -0.3 is 10.1 Å². The summed E-state index contributed by atoms with van der Waals surface area (Å²) in [4.78, 5) is 11.6. The Morgan fingerprint density at radius 2 is 1.93 bits per heavy atom. The first kappa shape index (κ1) is 12.7. The summed E-state index contributed by atoms with van der Waals surface area (Å²) in [7, 11) is 1.60. The van der Waals surface area contributed by atoms with Crippen molar-refractivity contribution in [2.24, 2.45) is 0 Å². The second-order valence-corrected chi connectivity index (χ2v) is 4.74. The smallest absolute Gasteiger partial charge is 0.251 e. The molecule has 0 aliphatic rings. The van der Waals surface area contributed by atoms with E-state index < -0.39 is 0 Å². The van der Waals surface area contributed by atoms with Gasteiger partial charge >= 0.3 is 0 Å². The van der Waals surface area contributed by atoms with E-state index in [0.717, 1.165) is 8.95 Å². The first-order valence-corrected chi connectivity index (χ1v) is 5.95. The molecule has 0 saturated heterocycles. The number of rotatable bonds is 4. The highest BCUT2D eigenvalue weighted by molar-refractivity contribution is 9.11. The molecule has 5 heteroatoms. The number of carbonyl (C=O) groups excluding carboxylic acids is 1. The molecule has 0 fully saturated rings. The van der Waals surface area contributed by atoms with Gasteiger partial charge in [-0.15, -0.1) is 0 Å². The van der Waals surface area contributed by atoms with E-state index in [1.807, 2.05) is 6.07 Å². The normalized spacial score (nSPS) is 10.1. The van der Waals surface area contributed by atoms with Crippen molar-refractivity contribution in [1.82, 2.24) is 5.32 Å². The average molecular weight is 337 g/mol. The predicted octanol–water partition coefficient (Wildman–Crippen LogP) is 2.59. The monoisotopic (exact) mass is 335 g/mol. The Hall–Kier alpha value is -0.390. The number of halogens is 2. The van der Waals surface area contributed by atoms with Crippen LogP contribution in [0.3, 0.4) is 0 Å². The Balaban J connectivity index is 2.65. The van der Waals surface area contributed by atoms with Crippen LogP contribution >= 0.6 is 31.9 Å².